The number of nitrogens with zero attached hydrogens (tertiary/aromatic N) is 2. The smallest absolute Gasteiger partial charge is 0.220 e. The summed E-state index contributed by atoms with van der Waals surface area (Å²) in [5.74, 6) is 2.51. The lowest BCUT2D eigenvalue weighted by molar-refractivity contribution is -0.121. The van der Waals surface area contributed by atoms with Gasteiger partial charge in [0.1, 0.15) is 5.75 Å². The van der Waals surface area contributed by atoms with Crippen LogP contribution in [0.4, 0.5) is 0 Å². The van der Waals surface area contributed by atoms with Gasteiger partial charge in [-0.05, 0) is 43.7 Å². The molecule has 1 fully saturated rings. The lowest BCUT2D eigenvalue weighted by atomic mass is 9.93. The van der Waals surface area contributed by atoms with Gasteiger partial charge in [-0.25, -0.2) is 0 Å². The van der Waals surface area contributed by atoms with Gasteiger partial charge in [-0.2, -0.15) is 0 Å². The number of carbonyl (C=O) groups is 1. The average molecular weight is 488 g/mol. The third-order valence-corrected chi connectivity index (χ3v) is 4.83. The van der Waals surface area contributed by atoms with Gasteiger partial charge in [0.2, 0.25) is 5.91 Å². The Morgan fingerprint density at radius 1 is 1.30 bits per heavy atom. The molecule has 6 nitrogen and oxygen atoms in total. The van der Waals surface area contributed by atoms with Crippen molar-refractivity contribution >= 4 is 35.8 Å². The number of ether oxygens (including phenoxy) is 1. The first kappa shape index (κ1) is 23.5. The van der Waals surface area contributed by atoms with Crippen LogP contribution in [-0.4, -0.2) is 57.1 Å². The molecular weight excluding hydrogens is 455 g/mol. The number of aliphatic imine (C=N–C) groups is 1. The fraction of sp³-hybridized carbons (Fsp3) is 0.600. The minimum Gasteiger partial charge on any atom is -0.494 e. The second-order valence-corrected chi connectivity index (χ2v) is 6.57. The van der Waals surface area contributed by atoms with Crippen LogP contribution >= 0.6 is 24.0 Å². The van der Waals surface area contributed by atoms with Gasteiger partial charge in [0, 0.05) is 40.2 Å². The molecule has 27 heavy (non-hydrogen) atoms. The third-order valence-electron chi connectivity index (χ3n) is 4.83. The van der Waals surface area contributed by atoms with E-state index in [0.717, 1.165) is 50.6 Å². The number of hydrogen-bond donors (Lipinski definition) is 2. The number of guanidine groups is 1. The largest absolute Gasteiger partial charge is 0.494 e. The number of piperidine rings is 1. The molecular formula is C20H33IN4O2. The van der Waals surface area contributed by atoms with E-state index in [9.17, 15) is 4.79 Å². The molecule has 1 amide bonds. The Morgan fingerprint density at radius 2 is 2.00 bits per heavy atom. The monoisotopic (exact) mass is 488 g/mol. The van der Waals surface area contributed by atoms with E-state index in [0.29, 0.717) is 18.9 Å². The highest BCUT2D eigenvalue weighted by atomic mass is 127. The van der Waals surface area contributed by atoms with E-state index in [1.165, 1.54) is 5.56 Å². The molecule has 7 heteroatoms. The Kier molecular flexibility index (Phi) is 11.2. The molecule has 0 spiro atoms. The van der Waals surface area contributed by atoms with Crippen LogP contribution < -0.4 is 15.4 Å². The maximum absolute atomic E-state index is 11.5. The van der Waals surface area contributed by atoms with E-state index >= 15 is 0 Å². The topological polar surface area (TPSA) is 66.0 Å². The van der Waals surface area contributed by atoms with Gasteiger partial charge in [-0.1, -0.05) is 18.2 Å². The fourth-order valence-corrected chi connectivity index (χ4v) is 3.36. The molecule has 1 aliphatic rings. The summed E-state index contributed by atoms with van der Waals surface area (Å²) < 4.78 is 5.69. The predicted octanol–water partition coefficient (Wildman–Crippen LogP) is 2.67. The highest BCUT2D eigenvalue weighted by Crippen LogP contribution is 2.21. The van der Waals surface area contributed by atoms with Gasteiger partial charge in [0.25, 0.3) is 0 Å². The third kappa shape index (κ3) is 7.56. The maximum atomic E-state index is 11.5. The van der Waals surface area contributed by atoms with Crippen LogP contribution in [0.2, 0.25) is 0 Å². The van der Waals surface area contributed by atoms with Gasteiger partial charge >= 0.3 is 0 Å². The molecule has 1 aromatic rings. The van der Waals surface area contributed by atoms with Crippen LogP contribution in [0.5, 0.6) is 5.75 Å². The average Bonchev–Trinajstić information content (AvgIpc) is 2.67. The summed E-state index contributed by atoms with van der Waals surface area (Å²) in [7, 11) is 3.53. The first-order valence-electron chi connectivity index (χ1n) is 9.54. The number of amides is 1. The van der Waals surface area contributed by atoms with Crippen molar-refractivity contribution in [2.45, 2.75) is 32.6 Å². The van der Waals surface area contributed by atoms with Gasteiger partial charge < -0.3 is 20.3 Å². The summed E-state index contributed by atoms with van der Waals surface area (Å²) in [4.78, 5) is 18.2. The highest BCUT2D eigenvalue weighted by molar-refractivity contribution is 14.0. The Morgan fingerprint density at radius 3 is 2.63 bits per heavy atom. The van der Waals surface area contributed by atoms with E-state index in [-0.39, 0.29) is 29.9 Å². The van der Waals surface area contributed by atoms with Gasteiger partial charge in [0.15, 0.2) is 5.96 Å². The zero-order valence-corrected chi connectivity index (χ0v) is 19.0. The van der Waals surface area contributed by atoms with Gasteiger partial charge in [-0.3, -0.25) is 9.79 Å². The minimum atomic E-state index is 0. The lowest BCUT2D eigenvalue weighted by Gasteiger charge is -2.34. The van der Waals surface area contributed by atoms with E-state index < -0.39 is 0 Å². The predicted molar refractivity (Wildman–Crippen MR) is 121 cm³/mol. The number of hydrogen-bond acceptors (Lipinski definition) is 3. The molecule has 1 aliphatic heterocycles. The molecule has 0 aromatic heterocycles. The minimum absolute atomic E-state index is 0. The van der Waals surface area contributed by atoms with Crippen LogP contribution in [0.25, 0.3) is 0 Å². The van der Waals surface area contributed by atoms with Crippen LogP contribution in [0.1, 0.15) is 31.7 Å². The normalized spacial score (nSPS) is 15.1. The second-order valence-electron chi connectivity index (χ2n) is 6.57. The van der Waals surface area contributed by atoms with E-state index in [2.05, 4.69) is 26.6 Å². The van der Waals surface area contributed by atoms with Crippen molar-refractivity contribution < 1.29 is 9.53 Å². The zero-order valence-electron chi connectivity index (χ0n) is 16.7. The van der Waals surface area contributed by atoms with Crippen LogP contribution in [0, 0.1) is 5.92 Å². The summed E-state index contributed by atoms with van der Waals surface area (Å²) >= 11 is 0. The van der Waals surface area contributed by atoms with E-state index in [1.54, 1.807) is 7.05 Å². The molecule has 1 aromatic carbocycles. The molecule has 2 rings (SSSR count). The van der Waals surface area contributed by atoms with Gasteiger partial charge in [-0.15, -0.1) is 24.0 Å². The molecule has 0 atom stereocenters. The van der Waals surface area contributed by atoms with E-state index in [4.69, 9.17) is 4.74 Å². The SMILES string of the molecule is CCOc1ccccc1CCNC(=NC)N1CCC(CC(=O)NC)CC1.I. The van der Waals surface area contributed by atoms with Gasteiger partial charge in [0.05, 0.1) is 6.61 Å². The molecule has 0 bridgehead atoms. The van der Waals surface area contributed by atoms with Crippen molar-refractivity contribution in [3.63, 3.8) is 0 Å². The molecule has 2 N–H and O–H groups in total. The lowest BCUT2D eigenvalue weighted by Crippen LogP contribution is -2.46. The summed E-state index contributed by atoms with van der Waals surface area (Å²) in [5, 5.41) is 6.18. The van der Waals surface area contributed by atoms with Crippen LogP contribution in [0.15, 0.2) is 29.3 Å². The van der Waals surface area contributed by atoms with E-state index in [1.807, 2.05) is 32.2 Å². The van der Waals surface area contributed by atoms with Crippen molar-refractivity contribution in [3.05, 3.63) is 29.8 Å². The molecule has 0 radical (unpaired) electrons. The number of nitrogens with one attached hydrogen (secondary N) is 2. The summed E-state index contributed by atoms with van der Waals surface area (Å²) in [5.41, 5.74) is 1.21. The number of halogens is 1. The molecule has 0 aliphatic carbocycles. The molecule has 1 heterocycles. The van der Waals surface area contributed by atoms with Crippen molar-refractivity contribution in [2.24, 2.45) is 10.9 Å². The van der Waals surface area contributed by atoms with Crippen molar-refractivity contribution in [1.82, 2.24) is 15.5 Å². The maximum Gasteiger partial charge on any atom is 0.220 e. The Labute approximate surface area is 180 Å². The molecule has 0 saturated carbocycles. The number of carbonyl (C=O) groups excluding carboxylic acids is 1. The second kappa shape index (κ2) is 12.8. The standard InChI is InChI=1S/C20H32N4O2.HI/c1-4-26-18-8-6-5-7-17(18)9-12-23-20(22-3)24-13-10-16(11-14-24)15-19(25)21-2;/h5-8,16H,4,9-15H2,1-3H3,(H,21,25)(H,22,23);1H. The number of benzene rings is 1. The van der Waals surface area contributed by atoms with Crippen LogP contribution in [0.3, 0.4) is 0 Å². The van der Waals surface area contributed by atoms with Crippen molar-refractivity contribution in [3.8, 4) is 5.75 Å². The first-order valence-corrected chi connectivity index (χ1v) is 9.54. The molecule has 1 saturated heterocycles. The summed E-state index contributed by atoms with van der Waals surface area (Å²) in [6.45, 7) is 5.38. The number of para-hydroxylation sites is 1. The number of likely N-dealkylation sites (tertiary alicyclic amines) is 1. The quantitative estimate of drug-likeness (QED) is 0.352. The Balaban J connectivity index is 0.00000364. The summed E-state index contributed by atoms with van der Waals surface area (Å²) in [6.07, 6.45) is 3.58. The molecule has 152 valence electrons. The zero-order chi connectivity index (χ0) is 18.8. The Hall–Kier alpha value is -1.51. The summed E-state index contributed by atoms with van der Waals surface area (Å²) in [6, 6.07) is 8.18. The van der Waals surface area contributed by atoms with Crippen molar-refractivity contribution in [2.75, 3.05) is 40.3 Å². The fourth-order valence-electron chi connectivity index (χ4n) is 3.36. The van der Waals surface area contributed by atoms with Crippen molar-refractivity contribution in [1.29, 1.82) is 0 Å². The number of rotatable bonds is 7. The molecule has 0 unspecified atom stereocenters. The highest BCUT2D eigenvalue weighted by Gasteiger charge is 2.22. The Bertz CT molecular complexity index is 601. The first-order chi connectivity index (χ1) is 12.7. The van der Waals surface area contributed by atoms with Crippen LogP contribution in [-0.2, 0) is 11.2 Å².